The first-order valence-corrected chi connectivity index (χ1v) is 12.6. The first kappa shape index (κ1) is 23.3. The van der Waals surface area contributed by atoms with Gasteiger partial charge in [0.1, 0.15) is 23.7 Å². The van der Waals surface area contributed by atoms with E-state index in [0.717, 1.165) is 23.1 Å². The molecule has 0 aliphatic carbocycles. The number of sulfonamides is 1. The first-order chi connectivity index (χ1) is 15.8. The number of aliphatic hydroxyl groups is 1. The van der Waals surface area contributed by atoms with Crippen molar-refractivity contribution in [3.63, 3.8) is 0 Å². The van der Waals surface area contributed by atoms with Crippen LogP contribution in [0.15, 0.2) is 42.5 Å². The second kappa shape index (κ2) is 9.58. The molecule has 10 heteroatoms. The molecular formula is C23H28N2O7S. The molecule has 2 heterocycles. The summed E-state index contributed by atoms with van der Waals surface area (Å²) >= 11 is 0. The number of methoxy groups -OCH3 is 1. The Balaban J connectivity index is 1.41. The number of fused-ring (bicyclic) bond motifs is 3. The number of carbonyl (C=O) groups is 1. The van der Waals surface area contributed by atoms with Crippen LogP contribution in [0.2, 0.25) is 0 Å². The summed E-state index contributed by atoms with van der Waals surface area (Å²) in [6.45, 7) is 0.144. The molecule has 4 atom stereocenters. The zero-order valence-corrected chi connectivity index (χ0v) is 19.3. The minimum atomic E-state index is -3.41. The van der Waals surface area contributed by atoms with Crippen molar-refractivity contribution in [2.75, 3.05) is 24.7 Å². The van der Waals surface area contributed by atoms with Crippen LogP contribution in [0.4, 0.5) is 5.69 Å². The van der Waals surface area contributed by atoms with Crippen LogP contribution in [-0.2, 0) is 26.1 Å². The van der Waals surface area contributed by atoms with E-state index in [9.17, 15) is 18.3 Å². The highest BCUT2D eigenvalue weighted by Crippen LogP contribution is 2.47. The molecule has 2 aliphatic heterocycles. The number of amides is 1. The minimum Gasteiger partial charge on any atom is -0.497 e. The lowest BCUT2D eigenvalue weighted by molar-refractivity contribution is -0.142. The number of rotatable bonds is 8. The van der Waals surface area contributed by atoms with Crippen LogP contribution in [0.1, 0.15) is 29.9 Å². The Kier molecular flexibility index (Phi) is 6.78. The highest BCUT2D eigenvalue weighted by atomic mass is 32.2. The van der Waals surface area contributed by atoms with E-state index in [1.807, 2.05) is 24.3 Å². The van der Waals surface area contributed by atoms with Gasteiger partial charge in [0.2, 0.25) is 15.9 Å². The Morgan fingerprint density at radius 2 is 1.97 bits per heavy atom. The molecule has 178 valence electrons. The summed E-state index contributed by atoms with van der Waals surface area (Å²) in [4.78, 5) is 12.6. The molecule has 0 radical (unpaired) electrons. The number of aliphatic hydroxyl groups excluding tert-OH is 1. The lowest BCUT2D eigenvalue weighted by atomic mass is 9.84. The van der Waals surface area contributed by atoms with E-state index in [2.05, 4.69) is 10.0 Å². The molecule has 0 bridgehead atoms. The molecule has 0 unspecified atom stereocenters. The summed E-state index contributed by atoms with van der Waals surface area (Å²) in [6.07, 6.45) is 0.384. The lowest BCUT2D eigenvalue weighted by Crippen LogP contribution is -2.47. The van der Waals surface area contributed by atoms with Gasteiger partial charge in [-0.3, -0.25) is 9.52 Å². The number of benzene rings is 2. The van der Waals surface area contributed by atoms with Crippen molar-refractivity contribution in [3.8, 4) is 11.5 Å². The van der Waals surface area contributed by atoms with Crippen molar-refractivity contribution < 1.29 is 32.5 Å². The molecule has 1 fully saturated rings. The fraction of sp³-hybridized carbons (Fsp3) is 0.435. The number of hydrogen-bond donors (Lipinski definition) is 3. The summed E-state index contributed by atoms with van der Waals surface area (Å²) in [7, 11) is -1.82. The quantitative estimate of drug-likeness (QED) is 0.531. The molecule has 0 spiro atoms. The fourth-order valence-electron chi connectivity index (χ4n) is 4.39. The van der Waals surface area contributed by atoms with E-state index >= 15 is 0 Å². The second-order valence-electron chi connectivity index (χ2n) is 8.36. The van der Waals surface area contributed by atoms with Crippen LogP contribution in [0.25, 0.3) is 0 Å². The molecule has 4 rings (SSSR count). The number of nitrogens with one attached hydrogen (secondary N) is 2. The van der Waals surface area contributed by atoms with Gasteiger partial charge in [-0.2, -0.15) is 0 Å². The maximum atomic E-state index is 12.6. The first-order valence-electron chi connectivity index (χ1n) is 10.7. The van der Waals surface area contributed by atoms with Gasteiger partial charge in [0.15, 0.2) is 0 Å². The Labute approximate surface area is 193 Å². The Morgan fingerprint density at radius 3 is 2.64 bits per heavy atom. The van der Waals surface area contributed by atoms with Gasteiger partial charge in [-0.05, 0) is 42.3 Å². The van der Waals surface area contributed by atoms with Crippen molar-refractivity contribution in [1.29, 1.82) is 0 Å². The molecule has 1 amide bonds. The van der Waals surface area contributed by atoms with Gasteiger partial charge in [0.05, 0.1) is 32.5 Å². The van der Waals surface area contributed by atoms with Crippen LogP contribution in [0.5, 0.6) is 11.5 Å². The summed E-state index contributed by atoms with van der Waals surface area (Å²) in [5.41, 5.74) is 2.24. The van der Waals surface area contributed by atoms with E-state index in [-0.39, 0.29) is 24.9 Å². The van der Waals surface area contributed by atoms with Crippen molar-refractivity contribution in [2.45, 2.75) is 43.6 Å². The summed E-state index contributed by atoms with van der Waals surface area (Å²) in [5.74, 6) is 1.11. The summed E-state index contributed by atoms with van der Waals surface area (Å²) < 4.78 is 42.8. The third kappa shape index (κ3) is 5.58. The average Bonchev–Trinajstić information content (AvgIpc) is 3.14. The van der Waals surface area contributed by atoms with Gasteiger partial charge in [0, 0.05) is 23.7 Å². The summed E-state index contributed by atoms with van der Waals surface area (Å²) in [6, 6.07) is 12.5. The molecule has 2 aromatic carbocycles. The van der Waals surface area contributed by atoms with E-state index in [4.69, 9.17) is 14.2 Å². The van der Waals surface area contributed by atoms with Gasteiger partial charge in [-0.1, -0.05) is 12.1 Å². The van der Waals surface area contributed by atoms with Crippen molar-refractivity contribution in [1.82, 2.24) is 5.32 Å². The van der Waals surface area contributed by atoms with Gasteiger partial charge < -0.3 is 24.6 Å². The molecular weight excluding hydrogens is 448 g/mol. The average molecular weight is 477 g/mol. The van der Waals surface area contributed by atoms with Crippen LogP contribution >= 0.6 is 0 Å². The largest absolute Gasteiger partial charge is 0.497 e. The Morgan fingerprint density at radius 1 is 1.21 bits per heavy atom. The normalized spacial score (nSPS) is 23.7. The van der Waals surface area contributed by atoms with Crippen molar-refractivity contribution >= 4 is 21.6 Å². The van der Waals surface area contributed by atoms with Crippen LogP contribution in [0.3, 0.4) is 0 Å². The number of carbonyl (C=O) groups excluding carboxylic acids is 1. The highest BCUT2D eigenvalue weighted by Gasteiger charge is 2.46. The van der Waals surface area contributed by atoms with Gasteiger partial charge in [-0.25, -0.2) is 8.42 Å². The topological polar surface area (TPSA) is 123 Å². The van der Waals surface area contributed by atoms with Crippen LogP contribution in [-0.4, -0.2) is 57.7 Å². The smallest absolute Gasteiger partial charge is 0.229 e. The third-order valence-electron chi connectivity index (χ3n) is 5.86. The van der Waals surface area contributed by atoms with Gasteiger partial charge >= 0.3 is 0 Å². The predicted molar refractivity (Wildman–Crippen MR) is 122 cm³/mol. The highest BCUT2D eigenvalue weighted by molar-refractivity contribution is 7.92. The van der Waals surface area contributed by atoms with Crippen LogP contribution < -0.4 is 19.5 Å². The molecule has 9 nitrogen and oxygen atoms in total. The molecule has 2 aliphatic rings. The molecule has 0 saturated carbocycles. The van der Waals surface area contributed by atoms with E-state index < -0.39 is 28.3 Å². The van der Waals surface area contributed by atoms with E-state index in [1.165, 1.54) is 0 Å². The molecule has 0 aromatic heterocycles. The van der Waals surface area contributed by atoms with E-state index in [1.54, 1.807) is 25.3 Å². The number of anilines is 1. The minimum absolute atomic E-state index is 0.119. The Hall–Kier alpha value is -2.82. The zero-order chi connectivity index (χ0) is 23.6. The standard InChI is InChI=1S/C23H28N2O7S/c1-30-16-6-3-14(4-7-16)12-24-22(27)11-17-10-19-18-9-15(25-33(2,28)29)5-8-20(18)32-23(19)21(13-26)31-17/h3-9,17,19,21,23,25-26H,10-13H2,1-2H3,(H,24,27)/t17-,19-,21-,23+/m0/s1. The molecule has 2 aromatic rings. The van der Waals surface area contributed by atoms with Crippen LogP contribution in [0, 0.1) is 0 Å². The molecule has 33 heavy (non-hydrogen) atoms. The van der Waals surface area contributed by atoms with Gasteiger partial charge in [-0.15, -0.1) is 0 Å². The van der Waals surface area contributed by atoms with E-state index in [0.29, 0.717) is 24.4 Å². The van der Waals surface area contributed by atoms with Gasteiger partial charge in [0.25, 0.3) is 0 Å². The zero-order valence-electron chi connectivity index (χ0n) is 18.5. The number of hydrogen-bond acceptors (Lipinski definition) is 7. The third-order valence-corrected chi connectivity index (χ3v) is 6.47. The van der Waals surface area contributed by atoms with Crippen molar-refractivity contribution in [2.24, 2.45) is 0 Å². The molecule has 1 saturated heterocycles. The summed E-state index contributed by atoms with van der Waals surface area (Å²) in [5, 5.41) is 12.8. The monoisotopic (exact) mass is 476 g/mol. The second-order valence-corrected chi connectivity index (χ2v) is 10.1. The maximum absolute atomic E-state index is 12.6. The Bertz CT molecular complexity index is 1100. The number of ether oxygens (including phenoxy) is 3. The fourth-order valence-corrected chi connectivity index (χ4v) is 4.94. The maximum Gasteiger partial charge on any atom is 0.229 e. The van der Waals surface area contributed by atoms with Crippen molar-refractivity contribution in [3.05, 3.63) is 53.6 Å². The predicted octanol–water partition coefficient (Wildman–Crippen LogP) is 1.77. The lowest BCUT2D eigenvalue weighted by Gasteiger charge is -2.37. The molecule has 3 N–H and O–H groups in total. The SMILES string of the molecule is COc1ccc(CNC(=O)C[C@@H]2C[C@H]3c4cc(NS(C)(=O)=O)ccc4O[C@H]3[C@H](CO)O2)cc1.